The third kappa shape index (κ3) is 2.28. The van der Waals surface area contributed by atoms with Crippen LogP contribution in [-0.2, 0) is 0 Å². The fourth-order valence-electron chi connectivity index (χ4n) is 0.699. The van der Waals surface area contributed by atoms with Gasteiger partial charge in [0.25, 0.3) is 5.91 Å². The number of nitrogens with two attached hydrogens (primary N) is 1. The molecular weight excluding hydrogens is 156 g/mol. The van der Waals surface area contributed by atoms with Crippen molar-refractivity contribution in [2.24, 2.45) is 5.73 Å². The number of rotatable bonds is 3. The minimum absolute atomic E-state index is 0.242. The lowest BCUT2D eigenvalue weighted by Gasteiger charge is -2.00. The molecule has 1 aromatic rings. The van der Waals surface area contributed by atoms with Gasteiger partial charge in [-0.2, -0.15) is 5.10 Å². The van der Waals surface area contributed by atoms with E-state index in [1.807, 2.05) is 0 Å². The van der Waals surface area contributed by atoms with Gasteiger partial charge in [0.15, 0.2) is 5.69 Å². The molecule has 12 heavy (non-hydrogen) atoms. The number of aromatic nitrogens is 2. The lowest BCUT2D eigenvalue weighted by molar-refractivity contribution is 0.0948. The van der Waals surface area contributed by atoms with Crippen LogP contribution in [0.15, 0.2) is 18.3 Å². The summed E-state index contributed by atoms with van der Waals surface area (Å²) in [5.74, 6) is -0.242. The van der Waals surface area contributed by atoms with Gasteiger partial charge < -0.3 is 11.1 Å². The first-order chi connectivity index (χ1) is 5.84. The Bertz CT molecular complexity index is 249. The third-order valence-electron chi connectivity index (χ3n) is 1.23. The van der Waals surface area contributed by atoms with E-state index in [1.165, 1.54) is 6.20 Å². The van der Waals surface area contributed by atoms with E-state index in [1.54, 1.807) is 12.1 Å². The zero-order chi connectivity index (χ0) is 8.81. The Morgan fingerprint density at radius 2 is 2.50 bits per heavy atom. The minimum Gasteiger partial charge on any atom is -0.349 e. The lowest BCUT2D eigenvalue weighted by atomic mass is 10.4. The monoisotopic (exact) mass is 166 g/mol. The van der Waals surface area contributed by atoms with E-state index in [4.69, 9.17) is 5.73 Å². The van der Waals surface area contributed by atoms with Crippen molar-refractivity contribution in [2.45, 2.75) is 0 Å². The van der Waals surface area contributed by atoms with Crippen molar-refractivity contribution in [1.82, 2.24) is 15.5 Å². The van der Waals surface area contributed by atoms with Crippen LogP contribution in [0, 0.1) is 0 Å². The van der Waals surface area contributed by atoms with Gasteiger partial charge in [-0.25, -0.2) is 0 Å². The first-order valence-electron chi connectivity index (χ1n) is 3.60. The molecule has 0 aliphatic carbocycles. The summed E-state index contributed by atoms with van der Waals surface area (Å²) in [6.45, 7) is 0.876. The summed E-state index contributed by atoms with van der Waals surface area (Å²) in [4.78, 5) is 11.1. The van der Waals surface area contributed by atoms with Gasteiger partial charge in [-0.15, -0.1) is 5.10 Å². The van der Waals surface area contributed by atoms with Crippen LogP contribution in [0.2, 0.25) is 0 Å². The number of amides is 1. The van der Waals surface area contributed by atoms with Gasteiger partial charge in [0.05, 0.1) is 0 Å². The summed E-state index contributed by atoms with van der Waals surface area (Å²) in [6, 6.07) is 3.25. The second-order valence-corrected chi connectivity index (χ2v) is 2.15. The summed E-state index contributed by atoms with van der Waals surface area (Å²) in [5, 5.41) is 9.78. The van der Waals surface area contributed by atoms with Gasteiger partial charge in [-0.1, -0.05) is 0 Å². The second-order valence-electron chi connectivity index (χ2n) is 2.15. The fraction of sp³-hybridized carbons (Fsp3) is 0.286. The summed E-state index contributed by atoms with van der Waals surface area (Å²) in [6.07, 6.45) is 1.51. The van der Waals surface area contributed by atoms with Gasteiger partial charge in [-0.05, 0) is 12.1 Å². The van der Waals surface area contributed by atoms with Crippen LogP contribution in [0.1, 0.15) is 10.5 Å². The molecule has 0 radical (unpaired) electrons. The molecule has 0 spiro atoms. The maximum atomic E-state index is 11.1. The SMILES string of the molecule is NCCNC(=O)c1cccnn1. The summed E-state index contributed by atoms with van der Waals surface area (Å²) >= 11 is 0. The van der Waals surface area contributed by atoms with Crippen LogP contribution in [0.4, 0.5) is 0 Å². The van der Waals surface area contributed by atoms with Crippen LogP contribution >= 0.6 is 0 Å². The third-order valence-corrected chi connectivity index (χ3v) is 1.23. The molecule has 0 bridgehead atoms. The molecule has 0 atom stereocenters. The number of carbonyl (C=O) groups is 1. The molecule has 0 unspecified atom stereocenters. The number of nitrogens with zero attached hydrogens (tertiary/aromatic N) is 2. The van der Waals surface area contributed by atoms with Crippen molar-refractivity contribution < 1.29 is 4.79 Å². The largest absolute Gasteiger partial charge is 0.349 e. The predicted octanol–water partition coefficient (Wildman–Crippen LogP) is -0.835. The Balaban J connectivity index is 2.54. The van der Waals surface area contributed by atoms with Gasteiger partial charge in [0.1, 0.15) is 0 Å². The highest BCUT2D eigenvalue weighted by atomic mass is 16.1. The Morgan fingerprint density at radius 1 is 1.67 bits per heavy atom. The fourth-order valence-corrected chi connectivity index (χ4v) is 0.699. The second kappa shape index (κ2) is 4.40. The average Bonchev–Trinajstić information content (AvgIpc) is 2.15. The molecule has 5 heteroatoms. The summed E-state index contributed by atoms with van der Waals surface area (Å²) < 4.78 is 0. The Labute approximate surface area is 70.0 Å². The van der Waals surface area contributed by atoms with Crippen LogP contribution in [0.5, 0.6) is 0 Å². The highest BCUT2D eigenvalue weighted by molar-refractivity contribution is 5.91. The van der Waals surface area contributed by atoms with Crippen LogP contribution in [0.25, 0.3) is 0 Å². The molecule has 1 rings (SSSR count). The molecule has 0 aromatic carbocycles. The van der Waals surface area contributed by atoms with Crippen molar-refractivity contribution in [2.75, 3.05) is 13.1 Å². The molecule has 5 nitrogen and oxygen atoms in total. The molecule has 1 aromatic heterocycles. The van der Waals surface area contributed by atoms with Crippen molar-refractivity contribution in [3.05, 3.63) is 24.0 Å². The van der Waals surface area contributed by atoms with E-state index >= 15 is 0 Å². The highest BCUT2D eigenvalue weighted by Gasteiger charge is 2.03. The van der Waals surface area contributed by atoms with Crippen molar-refractivity contribution in [1.29, 1.82) is 0 Å². The molecular formula is C7H10N4O. The van der Waals surface area contributed by atoms with E-state index in [-0.39, 0.29) is 5.91 Å². The Hall–Kier alpha value is -1.49. The summed E-state index contributed by atoms with van der Waals surface area (Å²) in [5.41, 5.74) is 5.52. The molecule has 0 fully saturated rings. The number of carbonyl (C=O) groups excluding carboxylic acids is 1. The van der Waals surface area contributed by atoms with E-state index < -0.39 is 0 Å². The highest BCUT2D eigenvalue weighted by Crippen LogP contribution is 1.89. The van der Waals surface area contributed by atoms with E-state index in [0.29, 0.717) is 18.8 Å². The van der Waals surface area contributed by atoms with Crippen LogP contribution in [0.3, 0.4) is 0 Å². The van der Waals surface area contributed by atoms with Gasteiger partial charge in [-0.3, -0.25) is 4.79 Å². The molecule has 1 heterocycles. The average molecular weight is 166 g/mol. The van der Waals surface area contributed by atoms with E-state index in [9.17, 15) is 4.79 Å². The molecule has 0 aliphatic rings. The molecule has 0 aliphatic heterocycles. The zero-order valence-corrected chi connectivity index (χ0v) is 6.53. The topological polar surface area (TPSA) is 80.9 Å². The number of hydrogen-bond donors (Lipinski definition) is 2. The normalized spacial score (nSPS) is 9.42. The zero-order valence-electron chi connectivity index (χ0n) is 6.53. The molecule has 1 amide bonds. The molecule has 3 N–H and O–H groups in total. The first-order valence-corrected chi connectivity index (χ1v) is 3.60. The predicted molar refractivity (Wildman–Crippen MR) is 43.4 cm³/mol. The van der Waals surface area contributed by atoms with Gasteiger partial charge in [0, 0.05) is 19.3 Å². The van der Waals surface area contributed by atoms with Gasteiger partial charge >= 0.3 is 0 Å². The maximum absolute atomic E-state index is 11.1. The lowest BCUT2D eigenvalue weighted by Crippen LogP contribution is -2.29. The van der Waals surface area contributed by atoms with E-state index in [2.05, 4.69) is 15.5 Å². The smallest absolute Gasteiger partial charge is 0.271 e. The Morgan fingerprint density at radius 3 is 3.08 bits per heavy atom. The van der Waals surface area contributed by atoms with Crippen molar-refractivity contribution >= 4 is 5.91 Å². The quantitative estimate of drug-likeness (QED) is 0.613. The minimum atomic E-state index is -0.242. The van der Waals surface area contributed by atoms with Crippen molar-refractivity contribution in [3.63, 3.8) is 0 Å². The number of hydrogen-bond acceptors (Lipinski definition) is 4. The van der Waals surface area contributed by atoms with Crippen molar-refractivity contribution in [3.8, 4) is 0 Å². The molecule has 64 valence electrons. The maximum Gasteiger partial charge on any atom is 0.271 e. The first kappa shape index (κ1) is 8.61. The molecule has 0 saturated heterocycles. The van der Waals surface area contributed by atoms with Crippen LogP contribution in [-0.4, -0.2) is 29.2 Å². The summed E-state index contributed by atoms with van der Waals surface area (Å²) in [7, 11) is 0. The molecule has 0 saturated carbocycles. The number of nitrogens with one attached hydrogen (secondary N) is 1. The van der Waals surface area contributed by atoms with Crippen LogP contribution < -0.4 is 11.1 Å². The van der Waals surface area contributed by atoms with Gasteiger partial charge in [0.2, 0.25) is 0 Å². The van der Waals surface area contributed by atoms with E-state index in [0.717, 1.165) is 0 Å². The standard InChI is InChI=1S/C7H10N4O/c8-3-5-9-7(12)6-2-1-4-10-11-6/h1-2,4H,3,5,8H2,(H,9,12). The Kier molecular flexibility index (Phi) is 3.16.